The highest BCUT2D eigenvalue weighted by atomic mass is 19.1. The van der Waals surface area contributed by atoms with E-state index in [2.05, 4.69) is 41.1 Å². The number of hydrogen-bond acceptors (Lipinski definition) is 4. The predicted molar refractivity (Wildman–Crippen MR) is 151 cm³/mol. The normalized spacial score (nSPS) is 20.0. The average molecular weight is 540 g/mol. The Morgan fingerprint density at radius 2 is 1.70 bits per heavy atom. The number of carbonyl (C=O) groups excluding carboxylic acids is 2. The number of halogens is 1. The highest BCUT2D eigenvalue weighted by Gasteiger charge is 2.39. The van der Waals surface area contributed by atoms with Crippen molar-refractivity contribution in [3.8, 4) is 5.75 Å². The van der Waals surface area contributed by atoms with Crippen molar-refractivity contribution in [1.29, 1.82) is 0 Å². The van der Waals surface area contributed by atoms with E-state index in [1.807, 2.05) is 30.3 Å². The molecule has 6 nitrogen and oxygen atoms in total. The molecule has 6 rings (SSSR count). The van der Waals surface area contributed by atoms with Gasteiger partial charge in [-0.25, -0.2) is 4.39 Å². The van der Waals surface area contributed by atoms with Gasteiger partial charge >= 0.3 is 0 Å². The van der Waals surface area contributed by atoms with Crippen LogP contribution < -0.4 is 10.1 Å². The summed E-state index contributed by atoms with van der Waals surface area (Å²) >= 11 is 0. The molecule has 1 N–H and O–H groups in total. The van der Waals surface area contributed by atoms with Gasteiger partial charge in [0, 0.05) is 23.4 Å². The summed E-state index contributed by atoms with van der Waals surface area (Å²) < 4.78 is 19.5. The van der Waals surface area contributed by atoms with Gasteiger partial charge in [-0.2, -0.15) is 0 Å². The number of likely N-dealkylation sites (tertiary alicyclic amines) is 1. The molecule has 2 amide bonds. The maximum absolute atomic E-state index is 13.3. The highest BCUT2D eigenvalue weighted by molar-refractivity contribution is 6.02. The van der Waals surface area contributed by atoms with Crippen molar-refractivity contribution in [1.82, 2.24) is 15.1 Å². The number of benzene rings is 3. The summed E-state index contributed by atoms with van der Waals surface area (Å²) in [6.07, 6.45) is 3.39. The first-order chi connectivity index (χ1) is 19.4. The average Bonchev–Trinajstić information content (AvgIpc) is 3.29. The van der Waals surface area contributed by atoms with E-state index in [0.717, 1.165) is 43.6 Å². The molecule has 0 saturated carbocycles. The van der Waals surface area contributed by atoms with Crippen molar-refractivity contribution >= 4 is 11.8 Å². The van der Waals surface area contributed by atoms with Gasteiger partial charge < -0.3 is 15.0 Å². The lowest BCUT2D eigenvalue weighted by molar-refractivity contribution is -0.126. The van der Waals surface area contributed by atoms with E-state index in [0.29, 0.717) is 48.9 Å². The summed E-state index contributed by atoms with van der Waals surface area (Å²) in [5.74, 6) is 0.688. The molecule has 3 heterocycles. The minimum Gasteiger partial charge on any atom is -0.489 e. The number of amides is 2. The van der Waals surface area contributed by atoms with Crippen LogP contribution in [0.15, 0.2) is 79.0 Å². The summed E-state index contributed by atoms with van der Waals surface area (Å²) in [4.78, 5) is 29.8. The Hall–Kier alpha value is -3.97. The van der Waals surface area contributed by atoms with Crippen LogP contribution in [-0.4, -0.2) is 40.7 Å². The summed E-state index contributed by atoms with van der Waals surface area (Å²) in [7, 11) is 0. The van der Waals surface area contributed by atoms with Crippen molar-refractivity contribution in [2.24, 2.45) is 0 Å². The Kier molecular flexibility index (Phi) is 7.39. The zero-order valence-corrected chi connectivity index (χ0v) is 22.6. The van der Waals surface area contributed by atoms with Crippen LogP contribution in [0.5, 0.6) is 5.75 Å². The lowest BCUT2D eigenvalue weighted by Crippen LogP contribution is -2.49. The molecule has 0 spiro atoms. The second kappa shape index (κ2) is 11.3. The Balaban J connectivity index is 1.06. The topological polar surface area (TPSA) is 61.9 Å². The molecule has 3 aromatic rings. The van der Waals surface area contributed by atoms with E-state index in [1.54, 1.807) is 17.0 Å². The van der Waals surface area contributed by atoms with Crippen molar-refractivity contribution in [3.05, 3.63) is 113 Å². The number of hydrogen-bond donors (Lipinski definition) is 1. The van der Waals surface area contributed by atoms with E-state index in [9.17, 15) is 14.0 Å². The molecular formula is C33H34FN3O3. The van der Waals surface area contributed by atoms with Crippen LogP contribution in [0, 0.1) is 5.82 Å². The third kappa shape index (κ3) is 5.52. The number of nitrogens with zero attached hydrogens (tertiary/aromatic N) is 2. The predicted octanol–water partition coefficient (Wildman–Crippen LogP) is 5.53. The van der Waals surface area contributed by atoms with Gasteiger partial charge in [0.05, 0.1) is 6.54 Å². The number of ether oxygens (including phenoxy) is 1. The molecule has 1 unspecified atom stereocenters. The largest absolute Gasteiger partial charge is 0.489 e. The van der Waals surface area contributed by atoms with Crippen LogP contribution in [0.25, 0.3) is 0 Å². The molecule has 206 valence electrons. The van der Waals surface area contributed by atoms with Crippen molar-refractivity contribution < 1.29 is 18.7 Å². The van der Waals surface area contributed by atoms with Gasteiger partial charge in [-0.05, 0) is 85.6 Å². The van der Waals surface area contributed by atoms with Crippen LogP contribution in [0.1, 0.15) is 64.2 Å². The van der Waals surface area contributed by atoms with Crippen LogP contribution in [0.3, 0.4) is 0 Å². The molecule has 3 aromatic carbocycles. The van der Waals surface area contributed by atoms with Gasteiger partial charge in [0.1, 0.15) is 24.2 Å². The van der Waals surface area contributed by atoms with Gasteiger partial charge in [0.2, 0.25) is 5.91 Å². The molecule has 3 aliphatic heterocycles. The standard InChI is InChI=1S/C33H34FN3O3/c1-22-8-13-30(32(38)35-22)37-20-29-28(33(37)39)6-3-7-31(29)40-21-24-5-2-4-23(18-24)19-36-16-14-26(15-17-36)25-9-11-27(34)12-10-25/h2-7,9-12,18,26,30H,1,8,13-17,19-21H2,(H,35,38). The third-order valence-corrected chi connectivity index (χ3v) is 8.37. The monoisotopic (exact) mass is 539 g/mol. The Morgan fingerprint density at radius 1 is 0.950 bits per heavy atom. The first kappa shape index (κ1) is 26.3. The third-order valence-electron chi connectivity index (χ3n) is 8.37. The van der Waals surface area contributed by atoms with Crippen LogP contribution in [-0.2, 0) is 24.5 Å². The van der Waals surface area contributed by atoms with Gasteiger partial charge in [-0.15, -0.1) is 0 Å². The Labute approximate surface area is 234 Å². The second-order valence-electron chi connectivity index (χ2n) is 11.1. The van der Waals surface area contributed by atoms with Crippen molar-refractivity contribution in [3.63, 3.8) is 0 Å². The minimum atomic E-state index is -0.490. The van der Waals surface area contributed by atoms with Crippen LogP contribution >= 0.6 is 0 Å². The lowest BCUT2D eigenvalue weighted by Gasteiger charge is -2.32. The molecule has 3 aliphatic rings. The quantitative estimate of drug-likeness (QED) is 0.429. The maximum Gasteiger partial charge on any atom is 0.255 e. The van der Waals surface area contributed by atoms with E-state index in [-0.39, 0.29) is 17.6 Å². The number of rotatable bonds is 7. The Morgan fingerprint density at radius 3 is 2.48 bits per heavy atom. The van der Waals surface area contributed by atoms with Crippen molar-refractivity contribution in [2.75, 3.05) is 13.1 Å². The zero-order chi connectivity index (χ0) is 27.6. The van der Waals surface area contributed by atoms with Crippen LogP contribution in [0.2, 0.25) is 0 Å². The molecule has 40 heavy (non-hydrogen) atoms. The summed E-state index contributed by atoms with van der Waals surface area (Å²) in [5, 5.41) is 2.79. The fourth-order valence-corrected chi connectivity index (χ4v) is 6.17. The minimum absolute atomic E-state index is 0.127. The number of piperidine rings is 2. The van der Waals surface area contributed by atoms with E-state index >= 15 is 0 Å². The zero-order valence-electron chi connectivity index (χ0n) is 22.6. The first-order valence-corrected chi connectivity index (χ1v) is 14.0. The second-order valence-corrected chi connectivity index (χ2v) is 11.1. The molecular weight excluding hydrogens is 505 g/mol. The number of fused-ring (bicyclic) bond motifs is 1. The molecule has 0 aromatic heterocycles. The van der Waals surface area contributed by atoms with Crippen LogP contribution in [0.4, 0.5) is 4.39 Å². The molecule has 0 aliphatic carbocycles. The SMILES string of the molecule is C=C1CCC(N2Cc3c(OCc4cccc(CN5CCC(c6ccc(F)cc6)CC5)c4)cccc3C2=O)C(=O)N1. The number of nitrogens with one attached hydrogen (secondary N) is 1. The highest BCUT2D eigenvalue weighted by Crippen LogP contribution is 2.34. The fraction of sp³-hybridized carbons (Fsp3) is 0.333. The summed E-state index contributed by atoms with van der Waals surface area (Å²) in [6, 6.07) is 20.5. The maximum atomic E-state index is 13.3. The van der Waals surface area contributed by atoms with Crippen molar-refractivity contribution in [2.45, 2.75) is 57.3 Å². The molecule has 2 fully saturated rings. The first-order valence-electron chi connectivity index (χ1n) is 14.0. The Bertz CT molecular complexity index is 1430. The number of allylic oxidation sites excluding steroid dienone is 1. The van der Waals surface area contributed by atoms with Gasteiger partial charge in [0.15, 0.2) is 0 Å². The molecule has 1 atom stereocenters. The van der Waals surface area contributed by atoms with Gasteiger partial charge in [0.25, 0.3) is 5.91 Å². The fourth-order valence-electron chi connectivity index (χ4n) is 6.17. The molecule has 7 heteroatoms. The lowest BCUT2D eigenvalue weighted by atomic mass is 9.89. The number of carbonyl (C=O) groups is 2. The molecule has 2 saturated heterocycles. The molecule has 0 radical (unpaired) electrons. The smallest absolute Gasteiger partial charge is 0.255 e. The van der Waals surface area contributed by atoms with E-state index in [1.165, 1.54) is 11.1 Å². The van der Waals surface area contributed by atoms with Gasteiger partial charge in [-0.3, -0.25) is 14.5 Å². The van der Waals surface area contributed by atoms with E-state index in [4.69, 9.17) is 4.74 Å². The van der Waals surface area contributed by atoms with E-state index < -0.39 is 6.04 Å². The summed E-state index contributed by atoms with van der Waals surface area (Å²) in [6.45, 7) is 7.50. The summed E-state index contributed by atoms with van der Waals surface area (Å²) in [5.41, 5.74) is 5.68. The molecule has 0 bridgehead atoms. The van der Waals surface area contributed by atoms with Gasteiger partial charge in [-0.1, -0.05) is 49.0 Å².